The summed E-state index contributed by atoms with van der Waals surface area (Å²) in [6, 6.07) is 11.1. The van der Waals surface area contributed by atoms with Gasteiger partial charge in [-0.05, 0) is 60.9 Å². The number of hydrogen-bond acceptors (Lipinski definition) is 6. The topological polar surface area (TPSA) is 138 Å². The van der Waals surface area contributed by atoms with Crippen LogP contribution in [0.1, 0.15) is 24.1 Å². The monoisotopic (exact) mass is 501 g/mol. The first-order chi connectivity index (χ1) is 16.7. The first kappa shape index (κ1) is 24.6. The van der Waals surface area contributed by atoms with Gasteiger partial charge in [0.1, 0.15) is 18.0 Å². The van der Waals surface area contributed by atoms with Crippen molar-refractivity contribution in [2.45, 2.75) is 37.2 Å². The number of benzene rings is 2. The Balaban J connectivity index is 1.63. The number of nitrogens with zero attached hydrogens (tertiary/aromatic N) is 2. The number of fused-ring (bicyclic) bond motifs is 3. The van der Waals surface area contributed by atoms with E-state index in [4.69, 9.17) is 9.84 Å². The third-order valence-corrected chi connectivity index (χ3v) is 7.96. The second-order valence-corrected chi connectivity index (χ2v) is 10.3. The summed E-state index contributed by atoms with van der Waals surface area (Å²) in [5.41, 5.74) is 2.31. The molecule has 0 saturated carbocycles. The molecule has 0 aliphatic carbocycles. The lowest BCUT2D eigenvalue weighted by molar-refractivity contribution is -0.137. The molecule has 186 valence electrons. The molecule has 0 atom stereocenters. The molecule has 1 aliphatic heterocycles. The van der Waals surface area contributed by atoms with E-state index in [0.29, 0.717) is 24.3 Å². The maximum absolute atomic E-state index is 13.3. The molecule has 0 spiro atoms. The van der Waals surface area contributed by atoms with E-state index in [-0.39, 0.29) is 49.2 Å². The fourth-order valence-electron chi connectivity index (χ4n) is 4.36. The molecule has 0 bridgehead atoms. The van der Waals surface area contributed by atoms with Crippen molar-refractivity contribution < 1.29 is 33.0 Å². The fraction of sp³-hybridized carbons (Fsp3) is 0.333. The number of methoxy groups -OCH3 is 1. The molecule has 4 rings (SSSR count). The summed E-state index contributed by atoms with van der Waals surface area (Å²) in [4.78, 5) is 23.5. The van der Waals surface area contributed by atoms with E-state index in [1.54, 1.807) is 28.8 Å². The van der Waals surface area contributed by atoms with Crippen molar-refractivity contribution in [2.75, 3.05) is 20.2 Å². The smallest absolute Gasteiger partial charge is 0.303 e. The quantitative estimate of drug-likeness (QED) is 0.382. The van der Waals surface area contributed by atoms with Crippen molar-refractivity contribution >= 4 is 32.8 Å². The molecule has 35 heavy (non-hydrogen) atoms. The zero-order valence-electron chi connectivity index (χ0n) is 19.2. The Morgan fingerprint density at radius 1 is 1.14 bits per heavy atom. The molecule has 2 heterocycles. The van der Waals surface area contributed by atoms with Gasteiger partial charge in [0, 0.05) is 36.1 Å². The third kappa shape index (κ3) is 5.10. The first-order valence-electron chi connectivity index (χ1n) is 11.2. The van der Waals surface area contributed by atoms with Crippen molar-refractivity contribution in [1.82, 2.24) is 14.2 Å². The Kier molecular flexibility index (Phi) is 6.99. The molecule has 0 unspecified atom stereocenters. The van der Waals surface area contributed by atoms with E-state index in [9.17, 15) is 23.1 Å². The molecular weight excluding hydrogens is 474 g/mol. The van der Waals surface area contributed by atoms with Crippen LogP contribution in [0.15, 0.2) is 47.4 Å². The number of carbonyl (C=O) groups excluding carboxylic acids is 1. The lowest BCUT2D eigenvalue weighted by Crippen LogP contribution is -2.37. The molecule has 1 aliphatic rings. The Morgan fingerprint density at radius 2 is 1.89 bits per heavy atom. The van der Waals surface area contributed by atoms with Gasteiger partial charge in [0.15, 0.2) is 0 Å². The fourth-order valence-corrected chi connectivity index (χ4v) is 5.76. The van der Waals surface area contributed by atoms with Crippen LogP contribution in [0.2, 0.25) is 0 Å². The Hall–Kier alpha value is -3.57. The number of rotatable bonds is 9. The van der Waals surface area contributed by atoms with Gasteiger partial charge in [0.2, 0.25) is 15.9 Å². The van der Waals surface area contributed by atoms with Gasteiger partial charge in [0.05, 0.1) is 18.6 Å². The number of carbonyl (C=O) groups is 2. The highest BCUT2D eigenvalue weighted by Gasteiger charge is 2.32. The molecule has 0 radical (unpaired) electrons. The van der Waals surface area contributed by atoms with E-state index in [0.717, 1.165) is 16.5 Å². The molecule has 1 aromatic heterocycles. The zero-order chi connectivity index (χ0) is 25.2. The van der Waals surface area contributed by atoms with Gasteiger partial charge in [-0.1, -0.05) is 0 Å². The van der Waals surface area contributed by atoms with Crippen molar-refractivity contribution in [3.05, 3.63) is 53.7 Å². The van der Waals surface area contributed by atoms with Crippen LogP contribution in [0.5, 0.6) is 11.5 Å². The van der Waals surface area contributed by atoms with Crippen LogP contribution in [0.25, 0.3) is 10.9 Å². The van der Waals surface area contributed by atoms with E-state index in [1.807, 2.05) is 0 Å². The average Bonchev–Trinajstić information content (AvgIpc) is 3.13. The van der Waals surface area contributed by atoms with Crippen LogP contribution in [-0.2, 0) is 39.1 Å². The molecule has 1 amide bonds. The number of phenolic OH excluding ortho intramolecular Hbond substituents is 1. The minimum Gasteiger partial charge on any atom is -0.508 e. The summed E-state index contributed by atoms with van der Waals surface area (Å²) in [5.74, 6) is -0.593. The zero-order valence-corrected chi connectivity index (χ0v) is 20.0. The largest absolute Gasteiger partial charge is 0.508 e. The molecule has 11 heteroatoms. The Labute approximate surface area is 202 Å². The highest BCUT2D eigenvalue weighted by Crippen LogP contribution is 2.35. The van der Waals surface area contributed by atoms with Crippen molar-refractivity contribution in [1.29, 1.82) is 0 Å². The predicted molar refractivity (Wildman–Crippen MR) is 128 cm³/mol. The predicted octanol–water partition coefficient (Wildman–Crippen LogP) is 2.08. The summed E-state index contributed by atoms with van der Waals surface area (Å²) in [6.45, 7) is 0.508. The minimum absolute atomic E-state index is 0.0421. The van der Waals surface area contributed by atoms with Gasteiger partial charge in [-0.3, -0.25) is 9.59 Å². The van der Waals surface area contributed by atoms with Gasteiger partial charge in [0.25, 0.3) is 0 Å². The maximum atomic E-state index is 13.3. The number of hydrogen-bond donors (Lipinski definition) is 3. The Bertz CT molecular complexity index is 1360. The number of carboxylic acid groups (broad SMARTS) is 1. The van der Waals surface area contributed by atoms with Crippen LogP contribution in [-0.4, -0.2) is 59.6 Å². The average molecular weight is 502 g/mol. The first-order valence-corrected chi connectivity index (χ1v) is 12.6. The van der Waals surface area contributed by atoms with Gasteiger partial charge in [-0.15, -0.1) is 0 Å². The van der Waals surface area contributed by atoms with Crippen LogP contribution in [0, 0.1) is 0 Å². The number of amides is 1. The van der Waals surface area contributed by atoms with Crippen LogP contribution in [0.3, 0.4) is 0 Å². The molecule has 0 saturated heterocycles. The van der Waals surface area contributed by atoms with Gasteiger partial charge < -0.3 is 24.8 Å². The number of aromatic nitrogens is 1. The van der Waals surface area contributed by atoms with E-state index >= 15 is 0 Å². The third-order valence-electron chi connectivity index (χ3n) is 6.10. The minimum atomic E-state index is -3.79. The molecule has 3 N–H and O–H groups in total. The number of sulfonamides is 1. The highest BCUT2D eigenvalue weighted by molar-refractivity contribution is 7.89. The lowest BCUT2D eigenvalue weighted by Gasteiger charge is -2.28. The second-order valence-electron chi connectivity index (χ2n) is 8.32. The maximum Gasteiger partial charge on any atom is 0.303 e. The second kappa shape index (κ2) is 9.96. The summed E-state index contributed by atoms with van der Waals surface area (Å²) in [6.07, 6.45) is 0.699. The van der Waals surface area contributed by atoms with Gasteiger partial charge >= 0.3 is 5.97 Å². The number of nitrogens with one attached hydrogen (secondary N) is 1. The summed E-state index contributed by atoms with van der Waals surface area (Å²) >= 11 is 0. The van der Waals surface area contributed by atoms with Crippen molar-refractivity contribution in [3.8, 4) is 11.5 Å². The number of aromatic hydroxyl groups is 1. The molecular formula is C24H27N3O7S. The SMILES string of the molecule is COc1ccc(S(=O)(=O)N2CCc3c(n(CC(=O)NCCCC(=O)O)c4ccc(O)cc34)C2)cc1. The van der Waals surface area contributed by atoms with Crippen LogP contribution < -0.4 is 10.1 Å². The number of ether oxygens (including phenoxy) is 1. The number of aliphatic carboxylic acids is 1. The summed E-state index contributed by atoms with van der Waals surface area (Å²) < 4.78 is 34.9. The molecule has 10 nitrogen and oxygen atoms in total. The van der Waals surface area contributed by atoms with Gasteiger partial charge in [-0.2, -0.15) is 4.31 Å². The Morgan fingerprint density at radius 3 is 2.57 bits per heavy atom. The molecule has 2 aromatic carbocycles. The highest BCUT2D eigenvalue weighted by atomic mass is 32.2. The van der Waals surface area contributed by atoms with Crippen LogP contribution in [0.4, 0.5) is 0 Å². The molecule has 3 aromatic rings. The van der Waals surface area contributed by atoms with E-state index in [2.05, 4.69) is 5.32 Å². The standard InChI is InChI=1S/C24H27N3O7S/c1-34-17-5-7-18(8-6-17)35(32,33)26-12-10-19-20-13-16(28)4-9-21(20)27(22(19)14-26)15-23(29)25-11-2-3-24(30)31/h4-9,13,28H,2-3,10-12,14-15H2,1H3,(H,25,29)(H,30,31). The van der Waals surface area contributed by atoms with Crippen LogP contribution >= 0.6 is 0 Å². The molecule has 0 fully saturated rings. The lowest BCUT2D eigenvalue weighted by atomic mass is 10.0. The normalized spacial score (nSPS) is 14.0. The summed E-state index contributed by atoms with van der Waals surface area (Å²) in [5, 5.41) is 22.3. The summed E-state index contributed by atoms with van der Waals surface area (Å²) in [7, 11) is -2.28. The van der Waals surface area contributed by atoms with Crippen molar-refractivity contribution in [3.63, 3.8) is 0 Å². The van der Waals surface area contributed by atoms with E-state index in [1.165, 1.54) is 29.6 Å². The van der Waals surface area contributed by atoms with Gasteiger partial charge in [-0.25, -0.2) is 8.42 Å². The van der Waals surface area contributed by atoms with E-state index < -0.39 is 16.0 Å². The van der Waals surface area contributed by atoms with Crippen molar-refractivity contribution in [2.24, 2.45) is 0 Å². The number of phenols is 1. The number of carboxylic acids is 1.